The van der Waals surface area contributed by atoms with Crippen LogP contribution in [0.4, 0.5) is 23.2 Å². The number of rotatable bonds is 8. The summed E-state index contributed by atoms with van der Waals surface area (Å²) in [5.74, 6) is -2.34. The molecule has 0 atom stereocenters. The number of halogens is 4. The second-order valence-electron chi connectivity index (χ2n) is 10.2. The van der Waals surface area contributed by atoms with Crippen molar-refractivity contribution in [3.05, 3.63) is 134 Å². The Bertz CT molecular complexity index is 2020. The second-order valence-corrected chi connectivity index (χ2v) is 10.2. The average molecular weight is 636 g/mol. The van der Waals surface area contributed by atoms with Crippen LogP contribution in [0.3, 0.4) is 0 Å². The topological polar surface area (TPSA) is 147 Å². The number of hydrogen-bond acceptors (Lipinski definition) is 7. The van der Waals surface area contributed by atoms with E-state index in [-0.39, 0.29) is 22.8 Å². The number of alkyl halides is 3. The number of nitrogens with zero attached hydrogens (tertiary/aromatic N) is 3. The van der Waals surface area contributed by atoms with Crippen LogP contribution in [0.5, 0.6) is 5.75 Å². The van der Waals surface area contributed by atoms with Crippen molar-refractivity contribution < 1.29 is 27.1 Å². The molecule has 2 aromatic heterocycles. The monoisotopic (exact) mass is 635 g/mol. The lowest BCUT2D eigenvalue weighted by Gasteiger charge is -2.21. The summed E-state index contributed by atoms with van der Waals surface area (Å²) < 4.78 is 63.9. The number of amides is 1. The van der Waals surface area contributed by atoms with E-state index >= 15 is 0 Å². The first kappa shape index (κ1) is 31.4. The van der Waals surface area contributed by atoms with Crippen molar-refractivity contribution in [3.63, 3.8) is 0 Å². The summed E-state index contributed by atoms with van der Waals surface area (Å²) in [4.78, 5) is 46.6. The summed E-state index contributed by atoms with van der Waals surface area (Å²) in [7, 11) is 0. The number of allylic oxidation sites excluding steroid dienone is 3. The van der Waals surface area contributed by atoms with Gasteiger partial charge in [-0.15, -0.1) is 0 Å². The highest BCUT2D eigenvalue weighted by atomic mass is 19.4. The van der Waals surface area contributed by atoms with E-state index in [4.69, 9.17) is 10.1 Å². The first-order valence-corrected chi connectivity index (χ1v) is 13.6. The maximum atomic E-state index is 14.3. The summed E-state index contributed by atoms with van der Waals surface area (Å²) >= 11 is 0. The molecule has 0 saturated heterocycles. The number of carbonyl (C=O) groups is 1. The average Bonchev–Trinajstić information content (AvgIpc) is 3.54. The van der Waals surface area contributed by atoms with E-state index in [1.807, 2.05) is 0 Å². The van der Waals surface area contributed by atoms with Crippen LogP contribution in [0.15, 0.2) is 101 Å². The minimum absolute atomic E-state index is 0.00505. The molecule has 0 saturated carbocycles. The molecule has 0 aliphatic carbocycles. The largest absolute Gasteiger partial charge is 0.455 e. The molecule has 1 amide bonds. The molecule has 4 aromatic rings. The Morgan fingerprint density at radius 1 is 1.13 bits per heavy atom. The number of nitrogens with one attached hydrogen (secondary N) is 4. The molecular formula is C31H25F4N7O4. The summed E-state index contributed by atoms with van der Waals surface area (Å²) in [6.45, 7) is 3.26. The summed E-state index contributed by atoms with van der Waals surface area (Å²) in [6.07, 6.45) is 4.32. The summed E-state index contributed by atoms with van der Waals surface area (Å²) in [5.41, 5.74) is -2.77. The van der Waals surface area contributed by atoms with E-state index in [0.717, 1.165) is 41.2 Å². The van der Waals surface area contributed by atoms with Crippen LogP contribution >= 0.6 is 0 Å². The lowest BCUT2D eigenvalue weighted by molar-refractivity contribution is -0.138. The van der Waals surface area contributed by atoms with Crippen LogP contribution in [0.1, 0.15) is 41.5 Å². The first-order chi connectivity index (χ1) is 21.9. The third kappa shape index (κ3) is 6.43. The van der Waals surface area contributed by atoms with Gasteiger partial charge >= 0.3 is 11.9 Å². The van der Waals surface area contributed by atoms with Crippen LogP contribution in [0, 0.1) is 11.2 Å². The molecule has 1 aliphatic heterocycles. The molecule has 4 N–H and O–H groups in total. The molecule has 3 heterocycles. The Kier molecular flexibility index (Phi) is 8.58. The van der Waals surface area contributed by atoms with Gasteiger partial charge in [-0.3, -0.25) is 14.2 Å². The van der Waals surface area contributed by atoms with Gasteiger partial charge in [0, 0.05) is 42.1 Å². The predicted octanol–water partition coefficient (Wildman–Crippen LogP) is 5.15. The molecule has 0 radical (unpaired) electrons. The maximum absolute atomic E-state index is 14.3. The first-order valence-electron chi connectivity index (χ1n) is 13.6. The van der Waals surface area contributed by atoms with Crippen molar-refractivity contribution in [3.8, 4) is 11.4 Å². The third-order valence-corrected chi connectivity index (χ3v) is 6.74. The molecular weight excluding hydrogens is 610 g/mol. The fourth-order valence-electron chi connectivity index (χ4n) is 4.50. The second kappa shape index (κ2) is 12.6. The van der Waals surface area contributed by atoms with Crippen molar-refractivity contribution in [2.45, 2.75) is 26.1 Å². The fraction of sp³-hybridized carbons (Fsp3) is 0.129. The highest BCUT2D eigenvalue weighted by molar-refractivity contribution is 6.04. The van der Waals surface area contributed by atoms with Gasteiger partial charge in [0.15, 0.2) is 5.76 Å². The van der Waals surface area contributed by atoms with Crippen LogP contribution in [-0.2, 0) is 6.18 Å². The van der Waals surface area contributed by atoms with Gasteiger partial charge in [-0.05, 0) is 68.5 Å². The van der Waals surface area contributed by atoms with Gasteiger partial charge in [0.1, 0.15) is 22.7 Å². The Hall–Kier alpha value is -5.99. The fourth-order valence-corrected chi connectivity index (χ4v) is 4.50. The zero-order valence-electron chi connectivity index (χ0n) is 24.1. The molecule has 2 aromatic carbocycles. The maximum Gasteiger partial charge on any atom is 0.420 e. The molecule has 0 unspecified atom stereocenters. The van der Waals surface area contributed by atoms with Crippen LogP contribution in [-0.4, -0.2) is 31.2 Å². The molecule has 0 bridgehead atoms. The Morgan fingerprint density at radius 2 is 1.87 bits per heavy atom. The quantitative estimate of drug-likeness (QED) is 0.156. The molecule has 0 spiro atoms. The number of H-pyrrole nitrogens is 1. The number of dihydropyridines is 1. The van der Waals surface area contributed by atoms with Gasteiger partial charge < -0.3 is 25.8 Å². The van der Waals surface area contributed by atoms with Crippen molar-refractivity contribution in [2.75, 3.05) is 5.32 Å². The predicted molar refractivity (Wildman–Crippen MR) is 161 cm³/mol. The number of hydrogen-bond donors (Lipinski definition) is 4. The minimum Gasteiger partial charge on any atom is -0.455 e. The SMILES string of the molecule is CC(C)n1cc(C(=O)Nc2ccc(OC3=CC(c4c[nH]cn4)=CN/C3=C\C=N)c(C(F)(F)F)c2)c(=O)n(-c2ccc(F)cc2)c1=O. The normalized spacial score (nSPS) is 14.0. The lowest BCUT2D eigenvalue weighted by atomic mass is 10.1. The van der Waals surface area contributed by atoms with E-state index in [2.05, 4.69) is 20.6 Å². The Labute approximate surface area is 257 Å². The molecule has 46 heavy (non-hydrogen) atoms. The third-order valence-electron chi connectivity index (χ3n) is 6.74. The number of carbonyl (C=O) groups excluding carboxylic acids is 1. The molecule has 1 aliphatic rings. The van der Waals surface area contributed by atoms with Crippen molar-refractivity contribution in [1.82, 2.24) is 24.4 Å². The van der Waals surface area contributed by atoms with Gasteiger partial charge in [-0.2, -0.15) is 13.2 Å². The van der Waals surface area contributed by atoms with E-state index in [1.165, 1.54) is 30.6 Å². The molecule has 0 fully saturated rings. The van der Waals surface area contributed by atoms with E-state index in [1.54, 1.807) is 26.2 Å². The number of aromatic amines is 1. The van der Waals surface area contributed by atoms with Crippen LogP contribution in [0.2, 0.25) is 0 Å². The van der Waals surface area contributed by atoms with E-state index < -0.39 is 52.1 Å². The van der Waals surface area contributed by atoms with Crippen molar-refractivity contribution in [2.24, 2.45) is 0 Å². The van der Waals surface area contributed by atoms with Gasteiger partial charge in [-0.25, -0.2) is 18.7 Å². The van der Waals surface area contributed by atoms with E-state index in [9.17, 15) is 31.9 Å². The van der Waals surface area contributed by atoms with Gasteiger partial charge in [-0.1, -0.05) is 0 Å². The van der Waals surface area contributed by atoms with E-state index in [0.29, 0.717) is 21.9 Å². The minimum atomic E-state index is -4.94. The molecule has 15 heteroatoms. The highest BCUT2D eigenvalue weighted by Crippen LogP contribution is 2.39. The molecule has 5 rings (SSSR count). The van der Waals surface area contributed by atoms with Gasteiger partial charge in [0.25, 0.3) is 11.5 Å². The number of benzene rings is 2. The number of anilines is 1. The Morgan fingerprint density at radius 3 is 2.50 bits per heavy atom. The standard InChI is InChI=1S/C31H25F4N7O4/c1-17(2)41-15-22(29(44)42(30(41)45)21-6-3-19(32)4-7-21)28(43)40-20-5-8-26(23(12-20)31(33,34)35)46-27-11-18(25-14-37-16-39-25)13-38-24(27)9-10-36/h3-17,36,38H,1-2H3,(H,37,39)(H,40,43)/b24-9-,36-10?. The zero-order valence-corrected chi connectivity index (χ0v) is 24.1. The summed E-state index contributed by atoms with van der Waals surface area (Å²) in [5, 5.41) is 12.6. The van der Waals surface area contributed by atoms with Gasteiger partial charge in [0.05, 0.1) is 23.4 Å². The zero-order chi connectivity index (χ0) is 33.2. The highest BCUT2D eigenvalue weighted by Gasteiger charge is 2.36. The number of imidazole rings is 1. The number of aromatic nitrogens is 4. The van der Waals surface area contributed by atoms with Crippen LogP contribution < -0.4 is 26.6 Å². The Balaban J connectivity index is 1.51. The molecule has 236 valence electrons. The van der Waals surface area contributed by atoms with Crippen LogP contribution in [0.25, 0.3) is 11.3 Å². The number of ether oxygens (including phenoxy) is 1. The van der Waals surface area contributed by atoms with Crippen molar-refractivity contribution in [1.29, 1.82) is 5.41 Å². The lowest BCUT2D eigenvalue weighted by Crippen LogP contribution is -2.42. The summed E-state index contributed by atoms with van der Waals surface area (Å²) in [6, 6.07) is 6.73. The molecule has 11 nitrogen and oxygen atoms in total. The smallest absolute Gasteiger partial charge is 0.420 e. The van der Waals surface area contributed by atoms with Crippen molar-refractivity contribution >= 4 is 23.4 Å². The van der Waals surface area contributed by atoms with Gasteiger partial charge in [0.2, 0.25) is 0 Å².